The minimum atomic E-state index is -0.856. The number of hydrogen-bond acceptors (Lipinski definition) is 3. The minimum Gasteiger partial charge on any atom is -0.481 e. The van der Waals surface area contributed by atoms with Crippen molar-refractivity contribution in [3.8, 4) is 0 Å². The first-order chi connectivity index (χ1) is 7.89. The van der Waals surface area contributed by atoms with Crippen LogP contribution in [0.25, 0.3) is 0 Å². The summed E-state index contributed by atoms with van der Waals surface area (Å²) < 4.78 is 5.56. The monoisotopic (exact) mass is 243 g/mol. The molecule has 5 nitrogen and oxygen atoms in total. The number of carbonyl (C=O) groups is 2. The molecule has 0 aromatic carbocycles. The van der Waals surface area contributed by atoms with Gasteiger partial charge in [0.15, 0.2) is 0 Å². The number of nitrogens with one attached hydrogen (secondary N) is 1. The van der Waals surface area contributed by atoms with Gasteiger partial charge in [-0.2, -0.15) is 0 Å². The highest BCUT2D eigenvalue weighted by Gasteiger charge is 2.29. The topological polar surface area (TPSA) is 75.6 Å². The lowest BCUT2D eigenvalue weighted by molar-refractivity contribution is -0.137. The van der Waals surface area contributed by atoms with Crippen molar-refractivity contribution in [2.45, 2.75) is 57.6 Å². The third-order valence-corrected chi connectivity index (χ3v) is 2.86. The molecule has 0 spiro atoms. The maximum atomic E-state index is 11.6. The number of amides is 1. The van der Waals surface area contributed by atoms with E-state index in [0.29, 0.717) is 13.0 Å². The first kappa shape index (κ1) is 14.0. The maximum Gasteiger partial charge on any atom is 0.303 e. The molecule has 0 radical (unpaired) electrons. The van der Waals surface area contributed by atoms with Crippen molar-refractivity contribution in [3.63, 3.8) is 0 Å². The number of carbonyl (C=O) groups excluding carboxylic acids is 1. The normalized spacial score (nSPS) is 23.1. The quantitative estimate of drug-likeness (QED) is 0.763. The fourth-order valence-electron chi connectivity index (χ4n) is 2.06. The summed E-state index contributed by atoms with van der Waals surface area (Å²) in [6.07, 6.45) is 2.36. The largest absolute Gasteiger partial charge is 0.481 e. The number of carboxylic acids is 1. The smallest absolute Gasteiger partial charge is 0.303 e. The highest BCUT2D eigenvalue weighted by molar-refractivity contribution is 5.77. The zero-order chi connectivity index (χ0) is 12.9. The average Bonchev–Trinajstić information content (AvgIpc) is 2.14. The van der Waals surface area contributed by atoms with Crippen LogP contribution in [0, 0.1) is 0 Å². The van der Waals surface area contributed by atoms with Gasteiger partial charge < -0.3 is 15.2 Å². The summed E-state index contributed by atoms with van der Waals surface area (Å²) in [6, 6.07) is 0.149. The van der Waals surface area contributed by atoms with E-state index in [1.165, 1.54) is 0 Å². The van der Waals surface area contributed by atoms with Crippen LogP contribution in [0.1, 0.15) is 46.0 Å². The Morgan fingerprint density at radius 2 is 2.12 bits per heavy atom. The van der Waals surface area contributed by atoms with Crippen molar-refractivity contribution >= 4 is 11.9 Å². The number of aliphatic carboxylic acids is 1. The number of rotatable bonds is 5. The van der Waals surface area contributed by atoms with Gasteiger partial charge in [0.05, 0.1) is 5.60 Å². The van der Waals surface area contributed by atoms with Crippen LogP contribution in [0.5, 0.6) is 0 Å². The standard InChI is InChI=1S/C12H21NO4/c1-12(2)8-9(6-7-17-12)13-10(14)4-3-5-11(15)16/h9H,3-8H2,1-2H3,(H,13,14)(H,15,16). The van der Waals surface area contributed by atoms with Gasteiger partial charge in [-0.25, -0.2) is 0 Å². The molecular weight excluding hydrogens is 222 g/mol. The molecule has 5 heteroatoms. The van der Waals surface area contributed by atoms with Gasteiger partial charge in [0.25, 0.3) is 0 Å². The molecule has 1 heterocycles. The van der Waals surface area contributed by atoms with E-state index in [4.69, 9.17) is 9.84 Å². The zero-order valence-electron chi connectivity index (χ0n) is 10.5. The summed E-state index contributed by atoms with van der Waals surface area (Å²) in [5, 5.41) is 11.4. The Morgan fingerprint density at radius 1 is 1.41 bits per heavy atom. The Kier molecular flexibility index (Phi) is 4.93. The minimum absolute atomic E-state index is 0.0483. The van der Waals surface area contributed by atoms with Crippen molar-refractivity contribution in [1.82, 2.24) is 5.32 Å². The maximum absolute atomic E-state index is 11.6. The van der Waals surface area contributed by atoms with E-state index in [0.717, 1.165) is 12.8 Å². The van der Waals surface area contributed by atoms with E-state index in [9.17, 15) is 9.59 Å². The summed E-state index contributed by atoms with van der Waals surface area (Å²) in [7, 11) is 0. The van der Waals surface area contributed by atoms with Gasteiger partial charge >= 0.3 is 5.97 Å². The first-order valence-electron chi connectivity index (χ1n) is 6.04. The van der Waals surface area contributed by atoms with E-state index < -0.39 is 5.97 Å². The van der Waals surface area contributed by atoms with Crippen LogP contribution in [0.2, 0.25) is 0 Å². The van der Waals surface area contributed by atoms with Crippen LogP contribution in [0.3, 0.4) is 0 Å². The molecule has 0 aromatic heterocycles. The number of carboxylic acid groups (broad SMARTS) is 1. The van der Waals surface area contributed by atoms with Gasteiger partial charge in [-0.1, -0.05) is 0 Å². The van der Waals surface area contributed by atoms with Crippen LogP contribution in [-0.4, -0.2) is 35.2 Å². The molecule has 1 amide bonds. The number of ether oxygens (including phenoxy) is 1. The van der Waals surface area contributed by atoms with E-state index in [1.807, 2.05) is 13.8 Å². The fraction of sp³-hybridized carbons (Fsp3) is 0.833. The lowest BCUT2D eigenvalue weighted by atomic mass is 9.94. The molecule has 98 valence electrons. The molecule has 1 aliphatic rings. The second kappa shape index (κ2) is 6.00. The lowest BCUT2D eigenvalue weighted by Gasteiger charge is -2.35. The van der Waals surface area contributed by atoms with Crippen molar-refractivity contribution in [2.75, 3.05) is 6.61 Å². The molecule has 1 rings (SSSR count). The van der Waals surface area contributed by atoms with E-state index in [1.54, 1.807) is 0 Å². The van der Waals surface area contributed by atoms with Crippen LogP contribution in [-0.2, 0) is 14.3 Å². The molecule has 0 aromatic rings. The molecule has 1 aliphatic heterocycles. The molecule has 1 saturated heterocycles. The molecule has 1 fully saturated rings. The Morgan fingerprint density at radius 3 is 2.71 bits per heavy atom. The van der Waals surface area contributed by atoms with Crippen LogP contribution >= 0.6 is 0 Å². The van der Waals surface area contributed by atoms with Crippen molar-refractivity contribution < 1.29 is 19.4 Å². The fourth-order valence-corrected chi connectivity index (χ4v) is 2.06. The summed E-state index contributed by atoms with van der Waals surface area (Å²) in [4.78, 5) is 21.9. The first-order valence-corrected chi connectivity index (χ1v) is 6.04. The van der Waals surface area contributed by atoms with Gasteiger partial charge in [-0.05, 0) is 33.1 Å². The third kappa shape index (κ3) is 5.68. The molecule has 0 bridgehead atoms. The van der Waals surface area contributed by atoms with E-state index in [2.05, 4.69) is 5.32 Å². The second-order valence-corrected chi connectivity index (χ2v) is 5.11. The van der Waals surface area contributed by atoms with Crippen molar-refractivity contribution in [3.05, 3.63) is 0 Å². The van der Waals surface area contributed by atoms with Gasteiger partial charge in [0, 0.05) is 25.5 Å². The molecule has 0 saturated carbocycles. The van der Waals surface area contributed by atoms with Gasteiger partial charge in [-0.15, -0.1) is 0 Å². The third-order valence-electron chi connectivity index (χ3n) is 2.86. The van der Waals surface area contributed by atoms with Crippen LogP contribution in [0.15, 0.2) is 0 Å². The molecule has 1 atom stereocenters. The predicted octanol–water partition coefficient (Wildman–Crippen LogP) is 1.32. The second-order valence-electron chi connectivity index (χ2n) is 5.11. The Balaban J connectivity index is 2.24. The average molecular weight is 243 g/mol. The summed E-state index contributed by atoms with van der Waals surface area (Å²) in [6.45, 7) is 4.68. The molecule has 0 aliphatic carbocycles. The lowest BCUT2D eigenvalue weighted by Crippen LogP contribution is -2.45. The van der Waals surface area contributed by atoms with E-state index >= 15 is 0 Å². The predicted molar refractivity (Wildman–Crippen MR) is 62.7 cm³/mol. The molecule has 2 N–H and O–H groups in total. The summed E-state index contributed by atoms with van der Waals surface area (Å²) >= 11 is 0. The Labute approximate surface area is 102 Å². The van der Waals surface area contributed by atoms with Crippen molar-refractivity contribution in [2.24, 2.45) is 0 Å². The summed E-state index contributed by atoms with van der Waals surface area (Å²) in [5.41, 5.74) is -0.183. The highest BCUT2D eigenvalue weighted by atomic mass is 16.5. The molecule has 17 heavy (non-hydrogen) atoms. The number of hydrogen-bond donors (Lipinski definition) is 2. The van der Waals surface area contributed by atoms with Crippen LogP contribution < -0.4 is 5.32 Å². The molecule has 1 unspecified atom stereocenters. The highest BCUT2D eigenvalue weighted by Crippen LogP contribution is 2.23. The van der Waals surface area contributed by atoms with Crippen LogP contribution in [0.4, 0.5) is 0 Å². The summed E-state index contributed by atoms with van der Waals surface area (Å²) in [5.74, 6) is -0.918. The van der Waals surface area contributed by atoms with Gasteiger partial charge in [-0.3, -0.25) is 9.59 Å². The zero-order valence-corrected chi connectivity index (χ0v) is 10.5. The van der Waals surface area contributed by atoms with Gasteiger partial charge in [0.1, 0.15) is 0 Å². The SMILES string of the molecule is CC1(C)CC(NC(=O)CCCC(=O)O)CCO1. The Hall–Kier alpha value is -1.10. The van der Waals surface area contributed by atoms with Gasteiger partial charge in [0.2, 0.25) is 5.91 Å². The van der Waals surface area contributed by atoms with E-state index in [-0.39, 0.29) is 30.4 Å². The van der Waals surface area contributed by atoms with Crippen molar-refractivity contribution in [1.29, 1.82) is 0 Å². The Bertz CT molecular complexity index is 288. The molecular formula is C12H21NO4.